The summed E-state index contributed by atoms with van der Waals surface area (Å²) in [4.78, 5) is 2.06. The third-order valence-corrected chi connectivity index (χ3v) is 7.24. The van der Waals surface area contributed by atoms with Crippen LogP contribution in [-0.2, 0) is 9.84 Å². The summed E-state index contributed by atoms with van der Waals surface area (Å²) >= 11 is 0. The van der Waals surface area contributed by atoms with Gasteiger partial charge in [-0.25, -0.2) is 8.42 Å². The number of fused-ring (bicyclic) bond motifs is 3. The monoisotopic (exact) mass is 391 g/mol. The first kappa shape index (κ1) is 18.3. The lowest BCUT2D eigenvalue weighted by atomic mass is 9.89. The van der Waals surface area contributed by atoms with Gasteiger partial charge in [-0.2, -0.15) is 0 Å². The molecule has 3 aromatic carbocycles. The quantitative estimate of drug-likeness (QED) is 0.641. The Morgan fingerprint density at radius 3 is 2.25 bits per heavy atom. The van der Waals surface area contributed by atoms with Gasteiger partial charge in [-0.15, -0.1) is 0 Å². The average Bonchev–Trinajstić information content (AvgIpc) is 2.71. The van der Waals surface area contributed by atoms with Gasteiger partial charge in [0.05, 0.1) is 10.9 Å². The van der Waals surface area contributed by atoms with Gasteiger partial charge in [0.1, 0.15) is 5.75 Å². The molecule has 0 amide bonds. The fourth-order valence-electron chi connectivity index (χ4n) is 3.91. The van der Waals surface area contributed by atoms with Gasteiger partial charge >= 0.3 is 0 Å². The van der Waals surface area contributed by atoms with E-state index in [0.717, 1.165) is 22.4 Å². The topological polar surface area (TPSA) is 57.6 Å². The molecule has 1 aliphatic rings. The number of hydrogen-bond donors (Lipinski definition) is 1. The largest absolute Gasteiger partial charge is 0.508 e. The summed E-state index contributed by atoms with van der Waals surface area (Å²) in [6.07, 6.45) is 1.48. The Labute approximate surface area is 165 Å². The van der Waals surface area contributed by atoms with Crippen molar-refractivity contribution in [3.63, 3.8) is 0 Å². The first-order valence-electron chi connectivity index (χ1n) is 9.07. The second-order valence-electron chi connectivity index (χ2n) is 6.85. The summed E-state index contributed by atoms with van der Waals surface area (Å²) in [6.45, 7) is 5.85. The van der Waals surface area contributed by atoms with Gasteiger partial charge in [-0.3, -0.25) is 0 Å². The number of sulfone groups is 1. The molecular weight excluding hydrogens is 370 g/mol. The van der Waals surface area contributed by atoms with Gasteiger partial charge in [0.25, 0.3) is 0 Å². The Morgan fingerprint density at radius 2 is 1.57 bits per heavy atom. The molecule has 0 saturated heterocycles. The molecule has 3 aromatic rings. The summed E-state index contributed by atoms with van der Waals surface area (Å²) in [7, 11) is -3.75. The van der Waals surface area contributed by atoms with Crippen molar-refractivity contribution in [1.82, 2.24) is 0 Å². The number of nitrogens with zero attached hydrogens (tertiary/aromatic N) is 1. The minimum Gasteiger partial charge on any atom is -0.508 e. The predicted molar refractivity (Wildman–Crippen MR) is 112 cm³/mol. The van der Waals surface area contributed by atoms with E-state index < -0.39 is 15.2 Å². The number of anilines is 1. The van der Waals surface area contributed by atoms with Crippen molar-refractivity contribution in [1.29, 1.82) is 0 Å². The van der Waals surface area contributed by atoms with Gasteiger partial charge in [-0.1, -0.05) is 55.1 Å². The van der Waals surface area contributed by atoms with Gasteiger partial charge in [-0.05, 0) is 48.4 Å². The lowest BCUT2D eigenvalue weighted by Gasteiger charge is -2.42. The highest BCUT2D eigenvalue weighted by Crippen LogP contribution is 2.46. The van der Waals surface area contributed by atoms with Gasteiger partial charge < -0.3 is 10.0 Å². The highest BCUT2D eigenvalue weighted by atomic mass is 32.2. The van der Waals surface area contributed by atoms with Crippen molar-refractivity contribution in [3.8, 4) is 16.9 Å². The van der Waals surface area contributed by atoms with E-state index in [9.17, 15) is 13.5 Å². The van der Waals surface area contributed by atoms with Crippen LogP contribution in [0.2, 0.25) is 0 Å². The first-order chi connectivity index (χ1) is 13.4. The molecule has 28 heavy (non-hydrogen) atoms. The van der Waals surface area contributed by atoms with E-state index in [2.05, 4.69) is 12.6 Å². The summed E-state index contributed by atoms with van der Waals surface area (Å²) in [5.41, 5.74) is 4.06. The van der Waals surface area contributed by atoms with E-state index >= 15 is 0 Å². The molecule has 1 N–H and O–H groups in total. The zero-order valence-electron chi connectivity index (χ0n) is 15.5. The molecular formula is C23H21NO3S. The van der Waals surface area contributed by atoms with Crippen LogP contribution in [0.15, 0.2) is 90.3 Å². The van der Waals surface area contributed by atoms with Gasteiger partial charge in [0, 0.05) is 11.3 Å². The van der Waals surface area contributed by atoms with Gasteiger partial charge in [0.15, 0.2) is 5.37 Å². The zero-order valence-corrected chi connectivity index (χ0v) is 16.3. The molecule has 0 aromatic heterocycles. The number of phenolic OH excluding ortho intramolecular Hbond substituents is 1. The molecule has 1 heterocycles. The van der Waals surface area contributed by atoms with E-state index in [1.807, 2.05) is 54.3 Å². The van der Waals surface area contributed by atoms with E-state index in [1.165, 1.54) is 30.3 Å². The number of aromatic hydroxyl groups is 1. The molecule has 4 rings (SSSR count). The van der Waals surface area contributed by atoms with Crippen LogP contribution in [0.5, 0.6) is 5.75 Å². The van der Waals surface area contributed by atoms with Crippen LogP contribution in [0.4, 0.5) is 5.69 Å². The number of benzene rings is 3. The maximum Gasteiger partial charge on any atom is 0.203 e. The molecule has 0 saturated carbocycles. The highest BCUT2D eigenvalue weighted by Gasteiger charge is 2.38. The van der Waals surface area contributed by atoms with Crippen molar-refractivity contribution in [2.75, 3.05) is 4.90 Å². The van der Waals surface area contributed by atoms with Crippen LogP contribution in [0, 0.1) is 0 Å². The second kappa shape index (κ2) is 6.84. The molecule has 142 valence electrons. The molecule has 0 bridgehead atoms. The zero-order chi connectivity index (χ0) is 19.9. The lowest BCUT2D eigenvalue weighted by Crippen LogP contribution is -2.43. The fourth-order valence-corrected chi connectivity index (χ4v) is 5.56. The minimum atomic E-state index is -3.75. The molecule has 0 spiro atoms. The van der Waals surface area contributed by atoms with Crippen molar-refractivity contribution in [2.45, 2.75) is 23.2 Å². The SMILES string of the molecule is C=C[C@@H](N1c2ccccc2-c2ccccc2C1C)S(=O)(=O)c1ccc(O)cc1. The smallest absolute Gasteiger partial charge is 0.203 e. The Kier molecular flexibility index (Phi) is 4.47. The number of hydrogen-bond acceptors (Lipinski definition) is 4. The maximum atomic E-state index is 13.4. The molecule has 0 aliphatic carbocycles. The van der Waals surface area contributed by atoms with Crippen LogP contribution in [0.3, 0.4) is 0 Å². The van der Waals surface area contributed by atoms with Crippen molar-refractivity contribution in [3.05, 3.63) is 91.0 Å². The minimum absolute atomic E-state index is 0.0275. The lowest BCUT2D eigenvalue weighted by molar-refractivity contribution is 0.474. The van der Waals surface area contributed by atoms with E-state index in [1.54, 1.807) is 0 Å². The second-order valence-corrected chi connectivity index (χ2v) is 8.90. The molecule has 0 fully saturated rings. The Morgan fingerprint density at radius 1 is 0.964 bits per heavy atom. The fraction of sp³-hybridized carbons (Fsp3) is 0.130. The molecule has 1 unspecified atom stereocenters. The highest BCUT2D eigenvalue weighted by molar-refractivity contribution is 7.92. The normalized spacial score (nSPS) is 16.8. The summed E-state index contributed by atoms with van der Waals surface area (Å²) < 4.78 is 26.9. The van der Waals surface area contributed by atoms with E-state index in [4.69, 9.17) is 0 Å². The van der Waals surface area contributed by atoms with Crippen LogP contribution >= 0.6 is 0 Å². The molecule has 4 nitrogen and oxygen atoms in total. The Hall–Kier alpha value is -3.05. The molecule has 2 atom stereocenters. The van der Waals surface area contributed by atoms with Crippen LogP contribution in [0.1, 0.15) is 18.5 Å². The summed E-state index contributed by atoms with van der Waals surface area (Å²) in [5.74, 6) is 0.0275. The van der Waals surface area contributed by atoms with E-state index in [0.29, 0.717) is 0 Å². The standard InChI is InChI=1S/C23H21NO3S/c1-3-23(28(26,27)18-14-12-17(25)13-15-18)24-16(2)19-8-4-5-9-20(19)21-10-6-7-11-22(21)24/h3-16,23,25H,1H2,2H3/t16?,23-/m0/s1. The van der Waals surface area contributed by atoms with Crippen molar-refractivity contribution >= 4 is 15.5 Å². The summed E-state index contributed by atoms with van der Waals surface area (Å²) in [5, 5.41) is 8.58. The van der Waals surface area contributed by atoms with Crippen LogP contribution in [-0.4, -0.2) is 18.9 Å². The average molecular weight is 391 g/mol. The van der Waals surface area contributed by atoms with Crippen molar-refractivity contribution < 1.29 is 13.5 Å². The van der Waals surface area contributed by atoms with Gasteiger partial charge in [0.2, 0.25) is 9.84 Å². The summed E-state index contributed by atoms with van der Waals surface area (Å²) in [6, 6.07) is 21.4. The molecule has 0 radical (unpaired) electrons. The van der Waals surface area contributed by atoms with E-state index in [-0.39, 0.29) is 16.7 Å². The molecule has 1 aliphatic heterocycles. The number of para-hydroxylation sites is 1. The number of rotatable bonds is 4. The first-order valence-corrected chi connectivity index (χ1v) is 10.6. The Balaban J connectivity index is 1.89. The number of phenols is 1. The Bertz CT molecular complexity index is 1140. The third kappa shape index (κ3) is 2.79. The van der Waals surface area contributed by atoms with Crippen LogP contribution in [0.25, 0.3) is 11.1 Å². The van der Waals surface area contributed by atoms with Crippen molar-refractivity contribution in [2.24, 2.45) is 0 Å². The predicted octanol–water partition coefficient (Wildman–Crippen LogP) is 4.93. The third-order valence-electron chi connectivity index (χ3n) is 5.26. The maximum absolute atomic E-state index is 13.4. The van der Waals surface area contributed by atoms with Crippen LogP contribution < -0.4 is 4.90 Å². The molecule has 5 heteroatoms.